The molecule has 1 rings (SSSR count). The minimum Gasteiger partial charge on any atom is -0.478 e. The molecular weight excluding hydrogens is 260 g/mol. The highest BCUT2D eigenvalue weighted by atomic mass is 16.6. The second kappa shape index (κ2) is 6.79. The fourth-order valence-corrected chi connectivity index (χ4v) is 1.65. The van der Waals surface area contributed by atoms with Crippen LogP contribution in [0.4, 0.5) is 16.2 Å². The first-order valence-corrected chi connectivity index (χ1v) is 6.43. The van der Waals surface area contributed by atoms with E-state index in [4.69, 9.17) is 15.6 Å². The van der Waals surface area contributed by atoms with Gasteiger partial charge in [-0.25, -0.2) is 9.59 Å². The van der Waals surface area contributed by atoms with E-state index in [9.17, 15) is 9.59 Å². The monoisotopic (exact) mass is 280 g/mol. The molecular formula is C14H20N2O4. The molecule has 0 saturated heterocycles. The first kappa shape index (κ1) is 15.8. The van der Waals surface area contributed by atoms with Crippen LogP contribution in [0, 0.1) is 5.92 Å². The molecule has 6 heteroatoms. The molecule has 0 aromatic heterocycles. The Bertz CT molecular complexity index is 500. The number of carbonyl (C=O) groups excluding carboxylic acids is 1. The molecule has 0 heterocycles. The van der Waals surface area contributed by atoms with Crippen molar-refractivity contribution in [1.29, 1.82) is 0 Å². The second-order valence-corrected chi connectivity index (χ2v) is 4.79. The molecule has 0 spiro atoms. The predicted octanol–water partition coefficient (Wildman–Crippen LogP) is 2.59. The van der Waals surface area contributed by atoms with Crippen molar-refractivity contribution in [2.45, 2.75) is 20.8 Å². The topological polar surface area (TPSA) is 92.9 Å². The Morgan fingerprint density at radius 1 is 1.40 bits per heavy atom. The minimum absolute atomic E-state index is 0.0813. The van der Waals surface area contributed by atoms with Crippen molar-refractivity contribution in [2.75, 3.05) is 23.8 Å². The number of aromatic carboxylic acids is 1. The van der Waals surface area contributed by atoms with E-state index in [2.05, 4.69) is 0 Å². The summed E-state index contributed by atoms with van der Waals surface area (Å²) in [5.41, 5.74) is 6.58. The minimum atomic E-state index is -1.06. The van der Waals surface area contributed by atoms with Gasteiger partial charge in [0.25, 0.3) is 0 Å². The Labute approximate surface area is 118 Å². The summed E-state index contributed by atoms with van der Waals surface area (Å²) < 4.78 is 5.16. The summed E-state index contributed by atoms with van der Waals surface area (Å²) in [6.45, 7) is 6.39. The van der Waals surface area contributed by atoms with Gasteiger partial charge in [-0.15, -0.1) is 0 Å². The molecule has 0 saturated carbocycles. The lowest BCUT2D eigenvalue weighted by molar-refractivity contribution is 0.0697. The highest BCUT2D eigenvalue weighted by molar-refractivity contribution is 5.95. The van der Waals surface area contributed by atoms with Gasteiger partial charge in [0.05, 0.1) is 23.5 Å². The number of nitrogen functional groups attached to an aromatic ring is 1. The number of carbonyl (C=O) groups is 2. The van der Waals surface area contributed by atoms with Crippen molar-refractivity contribution in [1.82, 2.24) is 0 Å². The van der Waals surface area contributed by atoms with Gasteiger partial charge in [-0.3, -0.25) is 4.90 Å². The van der Waals surface area contributed by atoms with Crippen molar-refractivity contribution in [3.05, 3.63) is 23.8 Å². The molecule has 0 radical (unpaired) electrons. The molecule has 20 heavy (non-hydrogen) atoms. The maximum absolute atomic E-state index is 12.0. The van der Waals surface area contributed by atoms with Crippen LogP contribution < -0.4 is 10.6 Å². The number of anilines is 2. The molecule has 1 amide bonds. The molecule has 0 unspecified atom stereocenters. The maximum Gasteiger partial charge on any atom is 0.414 e. The van der Waals surface area contributed by atoms with Gasteiger partial charge in [0, 0.05) is 6.54 Å². The molecule has 0 atom stereocenters. The standard InChI is InChI=1S/C14H20N2O4/c1-4-16(14(19)20-8-9(2)3)12-6-5-10(13(17)18)7-11(12)15/h5-7,9H,4,8,15H2,1-3H3,(H,17,18). The number of carboxylic acids is 1. The van der Waals surface area contributed by atoms with Crippen LogP contribution in [-0.2, 0) is 4.74 Å². The van der Waals surface area contributed by atoms with Gasteiger partial charge in [-0.1, -0.05) is 13.8 Å². The Morgan fingerprint density at radius 3 is 2.50 bits per heavy atom. The van der Waals surface area contributed by atoms with Crippen LogP contribution in [0.3, 0.4) is 0 Å². The SMILES string of the molecule is CCN(C(=O)OCC(C)C)c1ccc(C(=O)O)cc1N. The lowest BCUT2D eigenvalue weighted by Gasteiger charge is -2.22. The molecule has 0 aliphatic heterocycles. The second-order valence-electron chi connectivity index (χ2n) is 4.79. The highest BCUT2D eigenvalue weighted by Gasteiger charge is 2.19. The zero-order valence-corrected chi connectivity index (χ0v) is 11.9. The fourth-order valence-electron chi connectivity index (χ4n) is 1.65. The lowest BCUT2D eigenvalue weighted by Crippen LogP contribution is -2.32. The van der Waals surface area contributed by atoms with Crippen LogP contribution in [0.5, 0.6) is 0 Å². The van der Waals surface area contributed by atoms with Gasteiger partial charge in [0.15, 0.2) is 0 Å². The molecule has 3 N–H and O–H groups in total. The predicted molar refractivity (Wildman–Crippen MR) is 77.0 cm³/mol. The summed E-state index contributed by atoms with van der Waals surface area (Å²) in [4.78, 5) is 24.2. The quantitative estimate of drug-likeness (QED) is 0.809. The van der Waals surface area contributed by atoms with Crippen LogP contribution in [0.25, 0.3) is 0 Å². The summed E-state index contributed by atoms with van der Waals surface area (Å²) in [5.74, 6) is -0.821. The molecule has 0 aliphatic rings. The van der Waals surface area contributed by atoms with Crippen LogP contribution >= 0.6 is 0 Å². The summed E-state index contributed by atoms with van der Waals surface area (Å²) >= 11 is 0. The first-order chi connectivity index (χ1) is 9.36. The normalized spacial score (nSPS) is 10.4. The summed E-state index contributed by atoms with van der Waals surface area (Å²) in [6, 6.07) is 4.25. The third-order valence-electron chi connectivity index (χ3n) is 2.64. The number of amides is 1. The van der Waals surface area contributed by atoms with Gasteiger partial charge in [-0.2, -0.15) is 0 Å². The fraction of sp³-hybridized carbons (Fsp3) is 0.429. The van der Waals surface area contributed by atoms with Crippen LogP contribution in [0.15, 0.2) is 18.2 Å². The third kappa shape index (κ3) is 3.88. The first-order valence-electron chi connectivity index (χ1n) is 6.43. The zero-order valence-electron chi connectivity index (χ0n) is 11.9. The maximum atomic E-state index is 12.0. The van der Waals surface area contributed by atoms with Gasteiger partial charge < -0.3 is 15.6 Å². The van der Waals surface area contributed by atoms with E-state index in [1.165, 1.54) is 23.1 Å². The smallest absolute Gasteiger partial charge is 0.414 e. The molecule has 1 aromatic rings. The molecule has 0 bridgehead atoms. The number of benzene rings is 1. The molecule has 6 nitrogen and oxygen atoms in total. The number of ether oxygens (including phenoxy) is 1. The Hall–Kier alpha value is -2.24. The number of rotatable bonds is 5. The molecule has 1 aromatic carbocycles. The van der Waals surface area contributed by atoms with E-state index in [0.717, 1.165) is 0 Å². The average Bonchev–Trinajstić information content (AvgIpc) is 2.38. The van der Waals surface area contributed by atoms with E-state index in [-0.39, 0.29) is 17.2 Å². The van der Waals surface area contributed by atoms with E-state index in [1.54, 1.807) is 6.92 Å². The molecule has 0 fully saturated rings. The van der Waals surface area contributed by atoms with Gasteiger partial charge >= 0.3 is 12.1 Å². The van der Waals surface area contributed by atoms with Crippen LogP contribution in [0.2, 0.25) is 0 Å². The zero-order chi connectivity index (χ0) is 15.3. The van der Waals surface area contributed by atoms with Gasteiger partial charge in [0.2, 0.25) is 0 Å². The van der Waals surface area contributed by atoms with Crippen molar-refractivity contribution in [3.63, 3.8) is 0 Å². The van der Waals surface area contributed by atoms with Crippen LogP contribution in [0.1, 0.15) is 31.1 Å². The summed E-state index contributed by atoms with van der Waals surface area (Å²) in [7, 11) is 0. The summed E-state index contributed by atoms with van der Waals surface area (Å²) in [6.07, 6.45) is -0.490. The van der Waals surface area contributed by atoms with Crippen molar-refractivity contribution in [2.24, 2.45) is 5.92 Å². The van der Waals surface area contributed by atoms with Crippen molar-refractivity contribution >= 4 is 23.4 Å². The Kier molecular flexibility index (Phi) is 5.37. The van der Waals surface area contributed by atoms with Gasteiger partial charge in [-0.05, 0) is 31.0 Å². The third-order valence-corrected chi connectivity index (χ3v) is 2.64. The average molecular weight is 280 g/mol. The Morgan fingerprint density at radius 2 is 2.05 bits per heavy atom. The van der Waals surface area contributed by atoms with E-state index < -0.39 is 12.1 Å². The van der Waals surface area contributed by atoms with Gasteiger partial charge in [0.1, 0.15) is 0 Å². The number of nitrogens with zero attached hydrogens (tertiary/aromatic N) is 1. The molecule has 0 aliphatic carbocycles. The number of nitrogens with two attached hydrogens (primary N) is 1. The van der Waals surface area contributed by atoms with E-state index in [0.29, 0.717) is 18.8 Å². The number of carboxylic acid groups (broad SMARTS) is 1. The molecule has 110 valence electrons. The largest absolute Gasteiger partial charge is 0.478 e. The van der Waals surface area contributed by atoms with E-state index in [1.807, 2.05) is 13.8 Å². The van der Waals surface area contributed by atoms with Crippen molar-refractivity contribution in [3.8, 4) is 0 Å². The van der Waals surface area contributed by atoms with Crippen LogP contribution in [-0.4, -0.2) is 30.3 Å². The Balaban J connectivity index is 2.95. The number of hydrogen-bond donors (Lipinski definition) is 2. The van der Waals surface area contributed by atoms with Crippen molar-refractivity contribution < 1.29 is 19.4 Å². The highest BCUT2D eigenvalue weighted by Crippen LogP contribution is 2.25. The van der Waals surface area contributed by atoms with E-state index >= 15 is 0 Å². The lowest BCUT2D eigenvalue weighted by atomic mass is 10.1. The summed E-state index contributed by atoms with van der Waals surface area (Å²) in [5, 5.41) is 8.89. The number of hydrogen-bond acceptors (Lipinski definition) is 4.